The summed E-state index contributed by atoms with van der Waals surface area (Å²) in [4.78, 5) is 12.2. The van der Waals surface area contributed by atoms with Gasteiger partial charge >= 0.3 is 0 Å². The van der Waals surface area contributed by atoms with Crippen molar-refractivity contribution >= 4 is 5.78 Å². The highest BCUT2D eigenvalue weighted by atomic mass is 16.7. The molecule has 1 N–H and O–H groups in total. The van der Waals surface area contributed by atoms with Crippen molar-refractivity contribution in [3.05, 3.63) is 53.6 Å². The normalized spacial score (nSPS) is 16.8. The van der Waals surface area contributed by atoms with Gasteiger partial charge in [0.2, 0.25) is 0 Å². The molecule has 0 saturated heterocycles. The highest BCUT2D eigenvalue weighted by molar-refractivity contribution is 6.00. The van der Waals surface area contributed by atoms with Gasteiger partial charge in [-0.2, -0.15) is 0 Å². The van der Waals surface area contributed by atoms with Gasteiger partial charge in [0.15, 0.2) is 12.6 Å². The fourth-order valence-corrected chi connectivity index (χ4v) is 2.40. The number of carbonyl (C=O) groups excluding carboxylic acids is 1. The predicted molar refractivity (Wildman–Crippen MR) is 79.4 cm³/mol. The first-order chi connectivity index (χ1) is 10.7. The summed E-state index contributed by atoms with van der Waals surface area (Å²) in [5.74, 6) is 1.22. The lowest BCUT2D eigenvalue weighted by Gasteiger charge is -2.25. The number of hydrogen-bond acceptors (Lipinski definition) is 5. The predicted octanol–water partition coefficient (Wildman–Crippen LogP) is 3.08. The Labute approximate surface area is 128 Å². The number of benzene rings is 2. The Hall–Kier alpha value is -2.53. The third-order valence-electron chi connectivity index (χ3n) is 3.50. The van der Waals surface area contributed by atoms with Gasteiger partial charge in [-0.3, -0.25) is 4.79 Å². The van der Waals surface area contributed by atoms with E-state index >= 15 is 0 Å². The maximum atomic E-state index is 12.2. The highest BCUT2D eigenvalue weighted by Gasteiger charge is 2.27. The molecular weight excluding hydrogens is 284 g/mol. The minimum Gasteiger partial charge on any atom is -0.508 e. The number of ketones is 1. The molecule has 5 heteroatoms. The van der Waals surface area contributed by atoms with Gasteiger partial charge in [-0.25, -0.2) is 0 Å². The zero-order valence-electron chi connectivity index (χ0n) is 12.1. The van der Waals surface area contributed by atoms with Gasteiger partial charge in [-0.1, -0.05) is 12.1 Å². The second-order valence-electron chi connectivity index (χ2n) is 5.03. The number of fused-ring (bicyclic) bond motifs is 1. The molecule has 1 unspecified atom stereocenters. The number of carbonyl (C=O) groups is 1. The zero-order valence-corrected chi connectivity index (χ0v) is 12.1. The molecule has 0 bridgehead atoms. The fraction of sp³-hybridized carbons (Fsp3) is 0.235. The lowest BCUT2D eigenvalue weighted by Crippen LogP contribution is -2.20. The van der Waals surface area contributed by atoms with Crippen LogP contribution >= 0.6 is 0 Å². The van der Waals surface area contributed by atoms with E-state index in [0.717, 1.165) is 5.56 Å². The largest absolute Gasteiger partial charge is 0.508 e. The van der Waals surface area contributed by atoms with Gasteiger partial charge in [0.25, 0.3) is 0 Å². The molecule has 0 aromatic heterocycles. The first kappa shape index (κ1) is 14.4. The van der Waals surface area contributed by atoms with Crippen LogP contribution in [0.15, 0.2) is 42.5 Å². The summed E-state index contributed by atoms with van der Waals surface area (Å²) < 4.78 is 16.0. The van der Waals surface area contributed by atoms with E-state index in [9.17, 15) is 9.90 Å². The number of Topliss-reactive ketones (excluding diaryl/α,β-unsaturated/α-hetero) is 1. The Kier molecular flexibility index (Phi) is 3.98. The van der Waals surface area contributed by atoms with Crippen molar-refractivity contribution in [3.8, 4) is 17.2 Å². The van der Waals surface area contributed by atoms with Crippen molar-refractivity contribution in [2.45, 2.75) is 12.5 Å². The first-order valence-electron chi connectivity index (χ1n) is 6.92. The number of methoxy groups -OCH3 is 1. The van der Waals surface area contributed by atoms with Crippen LogP contribution in [0, 0.1) is 0 Å². The molecule has 2 aromatic rings. The number of ether oxygens (including phenoxy) is 3. The Balaban J connectivity index is 1.79. The number of phenols is 1. The molecule has 3 rings (SSSR count). The molecule has 0 amide bonds. The van der Waals surface area contributed by atoms with Crippen LogP contribution in [0.5, 0.6) is 17.2 Å². The summed E-state index contributed by atoms with van der Waals surface area (Å²) in [6.07, 6.45) is -0.0876. The number of hydrogen-bond donors (Lipinski definition) is 1. The van der Waals surface area contributed by atoms with Crippen molar-refractivity contribution in [3.63, 3.8) is 0 Å². The monoisotopic (exact) mass is 300 g/mol. The van der Waals surface area contributed by atoms with Gasteiger partial charge < -0.3 is 19.3 Å². The van der Waals surface area contributed by atoms with Gasteiger partial charge in [0.05, 0.1) is 12.0 Å². The van der Waals surface area contributed by atoms with Crippen molar-refractivity contribution in [2.75, 3.05) is 13.9 Å². The van der Waals surface area contributed by atoms with E-state index in [1.807, 2.05) is 24.3 Å². The van der Waals surface area contributed by atoms with Crippen molar-refractivity contribution in [1.29, 1.82) is 0 Å². The minimum atomic E-state index is -0.332. The molecule has 2 aromatic carbocycles. The topological polar surface area (TPSA) is 65.0 Å². The molecule has 22 heavy (non-hydrogen) atoms. The van der Waals surface area contributed by atoms with Crippen LogP contribution in [0.1, 0.15) is 28.4 Å². The summed E-state index contributed by atoms with van der Waals surface area (Å²) in [6, 6.07) is 11.9. The average Bonchev–Trinajstić information content (AvgIpc) is 2.54. The van der Waals surface area contributed by atoms with Gasteiger partial charge in [0, 0.05) is 7.11 Å². The summed E-state index contributed by atoms with van der Waals surface area (Å²) in [6.45, 7) is 0.189. The van der Waals surface area contributed by atoms with Crippen LogP contribution < -0.4 is 9.47 Å². The second-order valence-corrected chi connectivity index (χ2v) is 5.03. The van der Waals surface area contributed by atoms with E-state index in [1.165, 1.54) is 12.1 Å². The molecule has 0 spiro atoms. The molecular formula is C17H16O5. The molecule has 1 aliphatic rings. The molecule has 1 heterocycles. The Bertz CT molecular complexity index is 678. The fourth-order valence-electron chi connectivity index (χ4n) is 2.40. The van der Waals surface area contributed by atoms with Crippen molar-refractivity contribution in [2.24, 2.45) is 0 Å². The Morgan fingerprint density at radius 3 is 2.73 bits per heavy atom. The third kappa shape index (κ3) is 2.89. The summed E-state index contributed by atoms with van der Waals surface area (Å²) in [7, 11) is 1.56. The molecule has 0 aliphatic carbocycles. The minimum absolute atomic E-state index is 0.0399. The summed E-state index contributed by atoms with van der Waals surface area (Å²) in [5.41, 5.74) is 1.33. The van der Waals surface area contributed by atoms with Crippen LogP contribution in [-0.4, -0.2) is 24.8 Å². The number of rotatable bonds is 4. The standard InChI is InChI=1S/C17H16O5/c1-20-10-21-13-5-2-11(3-6-13)17-9-15(19)14-8-12(18)4-7-16(14)22-17/h2-8,17-18H,9-10H2,1H3. The Morgan fingerprint density at radius 2 is 2.00 bits per heavy atom. The van der Waals surface area contributed by atoms with Gasteiger partial charge in [-0.15, -0.1) is 0 Å². The van der Waals surface area contributed by atoms with E-state index in [1.54, 1.807) is 13.2 Å². The quantitative estimate of drug-likeness (QED) is 0.879. The number of aromatic hydroxyl groups is 1. The molecule has 1 aliphatic heterocycles. The smallest absolute Gasteiger partial charge is 0.188 e. The van der Waals surface area contributed by atoms with E-state index in [0.29, 0.717) is 17.1 Å². The van der Waals surface area contributed by atoms with Gasteiger partial charge in [0.1, 0.15) is 23.4 Å². The molecule has 0 radical (unpaired) electrons. The van der Waals surface area contributed by atoms with E-state index < -0.39 is 0 Å². The maximum Gasteiger partial charge on any atom is 0.188 e. The molecule has 5 nitrogen and oxygen atoms in total. The zero-order chi connectivity index (χ0) is 15.5. The first-order valence-corrected chi connectivity index (χ1v) is 6.92. The van der Waals surface area contributed by atoms with Crippen molar-refractivity contribution in [1.82, 2.24) is 0 Å². The lowest BCUT2D eigenvalue weighted by molar-refractivity contribution is 0.0511. The third-order valence-corrected chi connectivity index (χ3v) is 3.50. The van der Waals surface area contributed by atoms with Crippen LogP contribution in [0.4, 0.5) is 0 Å². The van der Waals surface area contributed by atoms with Crippen LogP contribution in [0.2, 0.25) is 0 Å². The second kappa shape index (κ2) is 6.07. The SMILES string of the molecule is COCOc1ccc(C2CC(=O)c3cc(O)ccc3O2)cc1. The van der Waals surface area contributed by atoms with Gasteiger partial charge in [-0.05, 0) is 35.9 Å². The van der Waals surface area contributed by atoms with E-state index in [4.69, 9.17) is 14.2 Å². The molecule has 0 saturated carbocycles. The summed E-state index contributed by atoms with van der Waals surface area (Å²) in [5, 5.41) is 9.46. The lowest BCUT2D eigenvalue weighted by atomic mass is 9.96. The maximum absolute atomic E-state index is 12.2. The average molecular weight is 300 g/mol. The highest BCUT2D eigenvalue weighted by Crippen LogP contribution is 2.36. The van der Waals surface area contributed by atoms with Crippen molar-refractivity contribution < 1.29 is 24.1 Å². The Morgan fingerprint density at radius 1 is 1.23 bits per heavy atom. The van der Waals surface area contributed by atoms with E-state index in [2.05, 4.69) is 0 Å². The number of phenolic OH excluding ortho intramolecular Hbond substituents is 1. The van der Waals surface area contributed by atoms with Crippen LogP contribution in [0.3, 0.4) is 0 Å². The van der Waals surface area contributed by atoms with Crippen LogP contribution in [0.25, 0.3) is 0 Å². The van der Waals surface area contributed by atoms with E-state index in [-0.39, 0.29) is 30.9 Å². The molecule has 0 fully saturated rings. The molecule has 114 valence electrons. The summed E-state index contributed by atoms with van der Waals surface area (Å²) >= 11 is 0. The van der Waals surface area contributed by atoms with Crippen LogP contribution in [-0.2, 0) is 4.74 Å². The molecule has 1 atom stereocenters.